The van der Waals surface area contributed by atoms with Crippen LogP contribution in [0.5, 0.6) is 0 Å². The number of fused-ring (bicyclic) bond motifs is 2. The van der Waals surface area contributed by atoms with Gasteiger partial charge in [0.2, 0.25) is 0 Å². The van der Waals surface area contributed by atoms with Crippen molar-refractivity contribution in [3.8, 4) is 11.1 Å². The maximum absolute atomic E-state index is 4.61. The van der Waals surface area contributed by atoms with Crippen molar-refractivity contribution in [1.29, 1.82) is 0 Å². The molecule has 0 aliphatic carbocycles. The first kappa shape index (κ1) is 17.8. The molecule has 0 atom stereocenters. The van der Waals surface area contributed by atoms with Gasteiger partial charge in [-0.1, -0.05) is 12.1 Å². The number of nitrogens with zero attached hydrogens (tertiary/aromatic N) is 4. The Morgan fingerprint density at radius 3 is 2.79 bits per heavy atom. The molecule has 0 saturated heterocycles. The van der Waals surface area contributed by atoms with Gasteiger partial charge in [0.25, 0.3) is 0 Å². The molecule has 0 saturated carbocycles. The lowest BCUT2D eigenvalue weighted by Crippen LogP contribution is -2.01. The summed E-state index contributed by atoms with van der Waals surface area (Å²) in [5.41, 5.74) is 7.25. The van der Waals surface area contributed by atoms with Crippen LogP contribution in [0.4, 0.5) is 5.69 Å². The summed E-state index contributed by atoms with van der Waals surface area (Å²) in [7, 11) is 2.06. The van der Waals surface area contributed by atoms with Gasteiger partial charge in [-0.3, -0.25) is 15.0 Å². The second-order valence-corrected chi connectivity index (χ2v) is 7.93. The van der Waals surface area contributed by atoms with Crippen LogP contribution in [0, 0.1) is 0 Å². The zero-order valence-corrected chi connectivity index (χ0v) is 17.4. The molecule has 5 nitrogen and oxygen atoms in total. The normalized spacial score (nSPS) is 11.2. The molecule has 6 heteroatoms. The zero-order valence-electron chi connectivity index (χ0n) is 15.8. The van der Waals surface area contributed by atoms with Crippen molar-refractivity contribution in [3.05, 3.63) is 83.5 Å². The Kier molecular flexibility index (Phi) is 4.48. The fraction of sp³-hybridized carbons (Fsp3) is 0.0870. The van der Waals surface area contributed by atoms with Crippen molar-refractivity contribution in [1.82, 2.24) is 19.5 Å². The van der Waals surface area contributed by atoms with Crippen LogP contribution in [0.3, 0.4) is 0 Å². The molecule has 0 fully saturated rings. The van der Waals surface area contributed by atoms with Crippen molar-refractivity contribution >= 4 is 43.6 Å². The standard InChI is InChI=1S/C23H18BrN5/c1-29-7-4-16-2-3-17(9-22(16)29)20-10-19(11-21-23(20)27-6-5-26-21)28-13-15-8-18(24)14-25-12-15/h2-12,14,28H,13H2,1H3. The third kappa shape index (κ3) is 3.47. The molecule has 0 radical (unpaired) electrons. The van der Waals surface area contributed by atoms with Crippen LogP contribution < -0.4 is 5.32 Å². The molecular formula is C23H18BrN5. The van der Waals surface area contributed by atoms with Gasteiger partial charge in [-0.15, -0.1) is 0 Å². The summed E-state index contributed by atoms with van der Waals surface area (Å²) >= 11 is 3.47. The first-order valence-electron chi connectivity index (χ1n) is 9.31. The van der Waals surface area contributed by atoms with Gasteiger partial charge < -0.3 is 9.88 Å². The highest BCUT2D eigenvalue weighted by molar-refractivity contribution is 9.10. The van der Waals surface area contributed by atoms with Crippen molar-refractivity contribution in [2.75, 3.05) is 5.32 Å². The second kappa shape index (κ2) is 7.29. The van der Waals surface area contributed by atoms with Gasteiger partial charge >= 0.3 is 0 Å². The molecule has 1 N–H and O–H groups in total. The number of pyridine rings is 1. The quantitative estimate of drug-likeness (QED) is 0.395. The van der Waals surface area contributed by atoms with E-state index in [-0.39, 0.29) is 0 Å². The van der Waals surface area contributed by atoms with Crippen molar-refractivity contribution < 1.29 is 0 Å². The van der Waals surface area contributed by atoms with E-state index in [0.29, 0.717) is 6.54 Å². The lowest BCUT2D eigenvalue weighted by atomic mass is 10.0. The zero-order chi connectivity index (χ0) is 19.8. The summed E-state index contributed by atoms with van der Waals surface area (Å²) in [5, 5.41) is 4.73. The largest absolute Gasteiger partial charge is 0.381 e. The van der Waals surface area contributed by atoms with Crippen LogP contribution in [-0.4, -0.2) is 19.5 Å². The van der Waals surface area contributed by atoms with E-state index in [4.69, 9.17) is 0 Å². The molecular weight excluding hydrogens is 426 g/mol. The van der Waals surface area contributed by atoms with Crippen LogP contribution in [0.1, 0.15) is 5.56 Å². The topological polar surface area (TPSA) is 55.6 Å². The predicted molar refractivity (Wildman–Crippen MR) is 121 cm³/mol. The Bertz CT molecular complexity index is 1340. The lowest BCUT2D eigenvalue weighted by Gasteiger charge is -2.12. The molecule has 0 aliphatic rings. The van der Waals surface area contributed by atoms with E-state index in [2.05, 4.69) is 90.4 Å². The smallest absolute Gasteiger partial charge is 0.0966 e. The molecule has 29 heavy (non-hydrogen) atoms. The summed E-state index contributed by atoms with van der Waals surface area (Å²) in [5.74, 6) is 0. The number of rotatable bonds is 4. The Morgan fingerprint density at radius 1 is 1.00 bits per heavy atom. The van der Waals surface area contributed by atoms with Gasteiger partial charge in [-0.05, 0) is 62.8 Å². The molecule has 0 amide bonds. The summed E-state index contributed by atoms with van der Waals surface area (Å²) < 4.78 is 3.10. The maximum Gasteiger partial charge on any atom is 0.0966 e. The molecule has 3 heterocycles. The Morgan fingerprint density at radius 2 is 1.90 bits per heavy atom. The van der Waals surface area contributed by atoms with E-state index in [1.165, 1.54) is 10.9 Å². The summed E-state index contributed by atoms with van der Waals surface area (Å²) in [6.45, 7) is 0.675. The average Bonchev–Trinajstić information content (AvgIpc) is 3.12. The number of benzene rings is 2. The fourth-order valence-electron chi connectivity index (χ4n) is 3.58. The molecule has 0 aliphatic heterocycles. The van der Waals surface area contributed by atoms with Gasteiger partial charge in [-0.2, -0.15) is 0 Å². The maximum atomic E-state index is 4.61. The summed E-state index contributed by atoms with van der Waals surface area (Å²) in [4.78, 5) is 13.4. The first-order valence-corrected chi connectivity index (χ1v) is 10.1. The number of aryl methyl sites for hydroxylation is 1. The van der Waals surface area contributed by atoms with Gasteiger partial charge in [-0.25, -0.2) is 0 Å². The number of aromatic nitrogens is 4. The van der Waals surface area contributed by atoms with Crippen LogP contribution in [-0.2, 0) is 13.6 Å². The van der Waals surface area contributed by atoms with E-state index < -0.39 is 0 Å². The SMILES string of the molecule is Cn1ccc2ccc(-c3cc(NCc4cncc(Br)c4)cc4nccnc34)cc21. The molecule has 0 bridgehead atoms. The number of hydrogen-bond acceptors (Lipinski definition) is 4. The lowest BCUT2D eigenvalue weighted by molar-refractivity contribution is 0.969. The average molecular weight is 444 g/mol. The molecule has 5 rings (SSSR count). The molecule has 3 aromatic heterocycles. The molecule has 2 aromatic carbocycles. The van der Waals surface area contributed by atoms with E-state index in [0.717, 1.165) is 37.9 Å². The van der Waals surface area contributed by atoms with Crippen LogP contribution in [0.2, 0.25) is 0 Å². The number of anilines is 1. The minimum Gasteiger partial charge on any atom is -0.381 e. The highest BCUT2D eigenvalue weighted by Gasteiger charge is 2.10. The van der Waals surface area contributed by atoms with E-state index in [1.54, 1.807) is 18.6 Å². The van der Waals surface area contributed by atoms with E-state index >= 15 is 0 Å². The fourth-order valence-corrected chi connectivity index (χ4v) is 4.00. The van der Waals surface area contributed by atoms with Crippen LogP contribution in [0.15, 0.2) is 77.9 Å². The highest BCUT2D eigenvalue weighted by Crippen LogP contribution is 2.32. The minimum absolute atomic E-state index is 0.675. The summed E-state index contributed by atoms with van der Waals surface area (Å²) in [6.07, 6.45) is 9.20. The van der Waals surface area contributed by atoms with E-state index in [9.17, 15) is 0 Å². The van der Waals surface area contributed by atoms with E-state index in [1.807, 2.05) is 12.3 Å². The number of halogens is 1. The molecule has 142 valence electrons. The third-order valence-corrected chi connectivity index (χ3v) is 5.46. The van der Waals surface area contributed by atoms with Crippen molar-refractivity contribution in [2.45, 2.75) is 6.54 Å². The van der Waals surface area contributed by atoms with Crippen LogP contribution >= 0.6 is 15.9 Å². The molecule has 0 spiro atoms. The van der Waals surface area contributed by atoms with Gasteiger partial charge in [0.05, 0.1) is 11.0 Å². The second-order valence-electron chi connectivity index (χ2n) is 7.01. The van der Waals surface area contributed by atoms with Gasteiger partial charge in [0.15, 0.2) is 0 Å². The van der Waals surface area contributed by atoms with Gasteiger partial charge in [0.1, 0.15) is 0 Å². The number of hydrogen-bond donors (Lipinski definition) is 1. The first-order chi connectivity index (χ1) is 14.2. The predicted octanol–water partition coefficient (Wildman–Crippen LogP) is 5.56. The van der Waals surface area contributed by atoms with Crippen molar-refractivity contribution in [2.24, 2.45) is 7.05 Å². The summed E-state index contributed by atoms with van der Waals surface area (Å²) in [6, 6.07) is 14.9. The Hall–Kier alpha value is -3.25. The highest BCUT2D eigenvalue weighted by atomic mass is 79.9. The van der Waals surface area contributed by atoms with Crippen molar-refractivity contribution in [3.63, 3.8) is 0 Å². The minimum atomic E-state index is 0.675. The Balaban J connectivity index is 1.58. The Labute approximate surface area is 176 Å². The third-order valence-electron chi connectivity index (χ3n) is 5.03. The molecule has 5 aromatic rings. The van der Waals surface area contributed by atoms with Gasteiger partial charge in [0, 0.05) is 65.8 Å². The monoisotopic (exact) mass is 443 g/mol. The van der Waals surface area contributed by atoms with Crippen LogP contribution in [0.25, 0.3) is 33.1 Å². The number of nitrogens with one attached hydrogen (secondary N) is 1. The molecule has 0 unspecified atom stereocenters.